The Morgan fingerprint density at radius 1 is 1.30 bits per heavy atom. The van der Waals surface area contributed by atoms with Crippen LogP contribution in [0.25, 0.3) is 0 Å². The minimum absolute atomic E-state index is 0.210. The lowest BCUT2D eigenvalue weighted by Crippen LogP contribution is -2.33. The number of thioether (sulfide) groups is 1. The van der Waals surface area contributed by atoms with Gasteiger partial charge in [-0.3, -0.25) is 9.69 Å². The fraction of sp³-hybridized carbons (Fsp3) is 0.562. The Morgan fingerprint density at radius 3 is 2.70 bits per heavy atom. The summed E-state index contributed by atoms with van der Waals surface area (Å²) in [6.45, 7) is 7.00. The summed E-state index contributed by atoms with van der Waals surface area (Å²) < 4.78 is 13.1. The fourth-order valence-corrected chi connectivity index (χ4v) is 3.49. The Morgan fingerprint density at radius 2 is 2.00 bits per heavy atom. The van der Waals surface area contributed by atoms with Crippen LogP contribution in [0, 0.1) is 5.82 Å². The lowest BCUT2D eigenvalue weighted by atomic mass is 10.1. The van der Waals surface area contributed by atoms with E-state index in [9.17, 15) is 9.18 Å². The van der Waals surface area contributed by atoms with Crippen LogP contribution in [0.1, 0.15) is 25.8 Å². The highest BCUT2D eigenvalue weighted by atomic mass is 32.2. The average Bonchev–Trinajstić information content (AvgIpc) is 2.54. The SMILES string of the molecule is CC1(C)CCN(CC(=O)Cc2ccc(F)cc2)CCS1. The predicted molar refractivity (Wildman–Crippen MR) is 82.7 cm³/mol. The lowest BCUT2D eigenvalue weighted by molar-refractivity contribution is -0.119. The van der Waals surface area contributed by atoms with Crippen LogP contribution < -0.4 is 0 Å². The van der Waals surface area contributed by atoms with Crippen molar-refractivity contribution in [3.8, 4) is 0 Å². The van der Waals surface area contributed by atoms with Crippen LogP contribution in [0.15, 0.2) is 24.3 Å². The zero-order valence-electron chi connectivity index (χ0n) is 12.2. The summed E-state index contributed by atoms with van der Waals surface area (Å²) in [5.41, 5.74) is 0.890. The number of nitrogens with zero attached hydrogens (tertiary/aromatic N) is 1. The summed E-state index contributed by atoms with van der Waals surface area (Å²) in [6.07, 6.45) is 1.51. The molecule has 0 amide bonds. The van der Waals surface area contributed by atoms with Gasteiger partial charge in [-0.25, -0.2) is 4.39 Å². The summed E-state index contributed by atoms with van der Waals surface area (Å²) in [6, 6.07) is 6.20. The predicted octanol–water partition coefficient (Wildman–Crippen LogP) is 3.15. The van der Waals surface area contributed by atoms with Crippen LogP contribution in [0.4, 0.5) is 4.39 Å². The third-order valence-electron chi connectivity index (χ3n) is 3.64. The van der Waals surface area contributed by atoms with Crippen molar-refractivity contribution in [2.24, 2.45) is 0 Å². The van der Waals surface area contributed by atoms with E-state index in [1.54, 1.807) is 12.1 Å². The van der Waals surface area contributed by atoms with Gasteiger partial charge in [-0.2, -0.15) is 11.8 Å². The van der Waals surface area contributed by atoms with Gasteiger partial charge < -0.3 is 0 Å². The van der Waals surface area contributed by atoms with Crippen molar-refractivity contribution in [3.63, 3.8) is 0 Å². The first-order chi connectivity index (χ1) is 9.44. The van der Waals surface area contributed by atoms with Crippen molar-refractivity contribution in [2.75, 3.05) is 25.4 Å². The molecule has 2 nitrogen and oxygen atoms in total. The van der Waals surface area contributed by atoms with Crippen molar-refractivity contribution in [1.29, 1.82) is 0 Å². The second-order valence-corrected chi connectivity index (χ2v) is 7.78. The molecule has 1 aromatic carbocycles. The third-order valence-corrected chi connectivity index (χ3v) is 5.02. The van der Waals surface area contributed by atoms with E-state index in [0.717, 1.165) is 30.8 Å². The van der Waals surface area contributed by atoms with Crippen LogP contribution in [0.2, 0.25) is 0 Å². The maximum Gasteiger partial charge on any atom is 0.151 e. The van der Waals surface area contributed by atoms with Gasteiger partial charge in [-0.05, 0) is 30.7 Å². The maximum atomic E-state index is 12.8. The Labute approximate surface area is 124 Å². The van der Waals surface area contributed by atoms with E-state index in [0.29, 0.717) is 17.7 Å². The number of hydrogen-bond donors (Lipinski definition) is 0. The van der Waals surface area contributed by atoms with Gasteiger partial charge in [-0.1, -0.05) is 26.0 Å². The van der Waals surface area contributed by atoms with Crippen LogP contribution in [-0.4, -0.2) is 40.8 Å². The molecule has 0 unspecified atom stereocenters. The van der Waals surface area contributed by atoms with Crippen molar-refractivity contribution in [1.82, 2.24) is 4.90 Å². The molecule has 0 aromatic heterocycles. The number of benzene rings is 1. The summed E-state index contributed by atoms with van der Waals surface area (Å²) in [5, 5.41) is 0. The molecule has 1 aromatic rings. The molecule has 0 N–H and O–H groups in total. The highest BCUT2D eigenvalue weighted by molar-refractivity contribution is 8.00. The molecule has 1 aliphatic heterocycles. The van der Waals surface area contributed by atoms with Gasteiger partial charge in [0.2, 0.25) is 0 Å². The van der Waals surface area contributed by atoms with Crippen molar-refractivity contribution in [3.05, 3.63) is 35.6 Å². The molecule has 20 heavy (non-hydrogen) atoms. The number of rotatable bonds is 4. The lowest BCUT2D eigenvalue weighted by Gasteiger charge is -2.22. The summed E-state index contributed by atoms with van der Waals surface area (Å²) in [5.74, 6) is 1.03. The second kappa shape index (κ2) is 6.72. The third kappa shape index (κ3) is 4.91. The second-order valence-electron chi connectivity index (χ2n) is 5.98. The molecule has 0 spiro atoms. The normalized spacial score (nSPS) is 19.6. The van der Waals surface area contributed by atoms with E-state index >= 15 is 0 Å². The zero-order chi connectivity index (χ0) is 14.6. The highest BCUT2D eigenvalue weighted by Crippen LogP contribution is 2.30. The molecule has 4 heteroatoms. The number of ketones is 1. The molecule has 1 aliphatic rings. The van der Waals surface area contributed by atoms with Crippen LogP contribution >= 0.6 is 11.8 Å². The zero-order valence-corrected chi connectivity index (χ0v) is 13.0. The smallest absolute Gasteiger partial charge is 0.151 e. The Balaban J connectivity index is 1.83. The van der Waals surface area contributed by atoms with Gasteiger partial charge in [0.05, 0.1) is 6.54 Å². The maximum absolute atomic E-state index is 12.8. The van der Waals surface area contributed by atoms with Crippen molar-refractivity contribution >= 4 is 17.5 Å². The van der Waals surface area contributed by atoms with Gasteiger partial charge in [0.15, 0.2) is 5.78 Å². The van der Waals surface area contributed by atoms with Crippen LogP contribution in [0.5, 0.6) is 0 Å². The number of hydrogen-bond acceptors (Lipinski definition) is 3. The molecule has 0 aliphatic carbocycles. The van der Waals surface area contributed by atoms with Crippen molar-refractivity contribution < 1.29 is 9.18 Å². The highest BCUT2D eigenvalue weighted by Gasteiger charge is 2.24. The molecule has 2 rings (SSSR count). The molecule has 1 heterocycles. The van der Waals surface area contributed by atoms with Gasteiger partial charge in [0.25, 0.3) is 0 Å². The van der Waals surface area contributed by atoms with Gasteiger partial charge in [0.1, 0.15) is 5.82 Å². The average molecular weight is 295 g/mol. The largest absolute Gasteiger partial charge is 0.298 e. The van der Waals surface area contributed by atoms with Gasteiger partial charge in [-0.15, -0.1) is 0 Å². The van der Waals surface area contributed by atoms with E-state index in [-0.39, 0.29) is 11.6 Å². The van der Waals surface area contributed by atoms with Crippen molar-refractivity contribution in [2.45, 2.75) is 31.4 Å². The summed E-state index contributed by atoms with van der Waals surface area (Å²) >= 11 is 1.98. The minimum atomic E-state index is -0.257. The summed E-state index contributed by atoms with van der Waals surface area (Å²) in [7, 11) is 0. The molecule has 1 saturated heterocycles. The van der Waals surface area contributed by atoms with Gasteiger partial charge >= 0.3 is 0 Å². The molecule has 1 fully saturated rings. The van der Waals surface area contributed by atoms with E-state index in [2.05, 4.69) is 18.7 Å². The first-order valence-electron chi connectivity index (χ1n) is 7.07. The Hall–Kier alpha value is -0.870. The molecule has 110 valence electrons. The molecule has 0 bridgehead atoms. The number of Topliss-reactive ketones (excluding diaryl/α,β-unsaturated/α-hetero) is 1. The Kier molecular flexibility index (Phi) is 5.22. The van der Waals surface area contributed by atoms with Crippen LogP contribution in [-0.2, 0) is 11.2 Å². The number of halogens is 1. The monoisotopic (exact) mass is 295 g/mol. The standard InChI is InChI=1S/C16H22FNOS/c1-16(2)7-8-18(9-10-20-16)12-15(19)11-13-3-5-14(17)6-4-13/h3-6H,7-12H2,1-2H3. The quantitative estimate of drug-likeness (QED) is 0.851. The molecular formula is C16H22FNOS. The van der Waals surface area contributed by atoms with Gasteiger partial charge in [0, 0.05) is 23.5 Å². The fourth-order valence-electron chi connectivity index (χ4n) is 2.36. The molecule has 0 saturated carbocycles. The Bertz CT molecular complexity index is 458. The van der Waals surface area contributed by atoms with E-state index in [1.807, 2.05) is 11.8 Å². The van der Waals surface area contributed by atoms with E-state index < -0.39 is 0 Å². The minimum Gasteiger partial charge on any atom is -0.298 e. The number of carbonyl (C=O) groups is 1. The van der Waals surface area contributed by atoms with Crippen LogP contribution in [0.3, 0.4) is 0 Å². The first-order valence-corrected chi connectivity index (χ1v) is 8.06. The molecular weight excluding hydrogens is 273 g/mol. The van der Waals surface area contributed by atoms with E-state index in [1.165, 1.54) is 12.1 Å². The topological polar surface area (TPSA) is 20.3 Å². The molecule has 0 atom stereocenters. The van der Waals surface area contributed by atoms with E-state index in [4.69, 9.17) is 0 Å². The summed E-state index contributed by atoms with van der Waals surface area (Å²) in [4.78, 5) is 14.3. The molecule has 0 radical (unpaired) electrons. The number of carbonyl (C=O) groups excluding carboxylic acids is 1. The first kappa shape index (κ1) is 15.5.